The number of pyridine rings is 1. The number of fused-ring (bicyclic) bond motifs is 1. The van der Waals surface area contributed by atoms with Gasteiger partial charge in [-0.15, -0.1) is 0 Å². The van der Waals surface area contributed by atoms with E-state index < -0.39 is 0 Å². The molecule has 7 nitrogen and oxygen atoms in total. The Bertz CT molecular complexity index is 1430. The molecule has 7 heteroatoms. The van der Waals surface area contributed by atoms with Crippen molar-refractivity contribution in [3.05, 3.63) is 87.5 Å². The second-order valence-electron chi connectivity index (χ2n) is 9.80. The van der Waals surface area contributed by atoms with E-state index in [1.807, 2.05) is 34.9 Å². The number of imidazole rings is 1. The van der Waals surface area contributed by atoms with Crippen LogP contribution < -0.4 is 5.69 Å². The second kappa shape index (κ2) is 10.6. The van der Waals surface area contributed by atoms with Crippen LogP contribution in [-0.2, 0) is 19.3 Å². The summed E-state index contributed by atoms with van der Waals surface area (Å²) in [7, 11) is 0. The summed E-state index contributed by atoms with van der Waals surface area (Å²) in [5.41, 5.74) is 6.05. The first kappa shape index (κ1) is 24.1. The summed E-state index contributed by atoms with van der Waals surface area (Å²) in [5.74, 6) is 0.540. The van der Waals surface area contributed by atoms with Crippen molar-refractivity contribution in [1.29, 1.82) is 0 Å². The van der Waals surface area contributed by atoms with E-state index in [0.29, 0.717) is 22.8 Å². The van der Waals surface area contributed by atoms with E-state index in [9.17, 15) is 9.59 Å². The Kier molecular flexibility index (Phi) is 7.07. The van der Waals surface area contributed by atoms with Gasteiger partial charge in [-0.05, 0) is 92.7 Å². The number of aromatic amines is 1. The van der Waals surface area contributed by atoms with Gasteiger partial charge in [-0.1, -0.05) is 26.0 Å². The van der Waals surface area contributed by atoms with Crippen molar-refractivity contribution in [2.24, 2.45) is 5.92 Å². The SMILES string of the molecule is CCc1ccc(C(=O)c2cc(CCC3CCC(n4c(=O)[nH]c5ncccc54)CC3)ncn2)cc1CC. The van der Waals surface area contributed by atoms with E-state index in [0.717, 1.165) is 62.6 Å². The molecule has 186 valence electrons. The van der Waals surface area contributed by atoms with Crippen LogP contribution in [0, 0.1) is 5.92 Å². The number of rotatable bonds is 8. The highest BCUT2D eigenvalue weighted by Gasteiger charge is 2.25. The molecule has 4 aromatic rings. The van der Waals surface area contributed by atoms with Crippen LogP contribution in [-0.4, -0.2) is 30.3 Å². The third-order valence-electron chi connectivity index (χ3n) is 7.67. The number of hydrogen-bond donors (Lipinski definition) is 1. The molecule has 1 N–H and O–H groups in total. The topological polar surface area (TPSA) is 93.5 Å². The molecule has 0 atom stereocenters. The van der Waals surface area contributed by atoms with Crippen LogP contribution in [0.3, 0.4) is 0 Å². The highest BCUT2D eigenvalue weighted by Crippen LogP contribution is 2.35. The van der Waals surface area contributed by atoms with Crippen LogP contribution in [0.25, 0.3) is 11.2 Å². The molecule has 1 aliphatic carbocycles. The number of hydrogen-bond acceptors (Lipinski definition) is 5. The third-order valence-corrected chi connectivity index (χ3v) is 7.67. The fraction of sp³-hybridized carbons (Fsp3) is 0.414. The van der Waals surface area contributed by atoms with E-state index in [4.69, 9.17) is 0 Å². The smallest absolute Gasteiger partial charge is 0.290 e. The van der Waals surface area contributed by atoms with Crippen LogP contribution in [0.1, 0.15) is 84.9 Å². The molecule has 0 unspecified atom stereocenters. The summed E-state index contributed by atoms with van der Waals surface area (Å²) >= 11 is 0. The summed E-state index contributed by atoms with van der Waals surface area (Å²) in [5, 5.41) is 0. The Morgan fingerprint density at radius 1 is 1.00 bits per heavy atom. The standard InChI is InChI=1S/C29H33N5O2/c1-3-20-10-11-22(16-21(20)4-2)27(35)25-17-23(31-18-32-25)12-7-19-8-13-24(14-9-19)34-26-6-5-15-30-28(26)33-29(34)36/h5-6,10-11,15-19,24H,3-4,7-9,12-14H2,1-2H3,(H,30,33,36). The van der Waals surface area contributed by atoms with Gasteiger partial charge in [0.1, 0.15) is 12.0 Å². The highest BCUT2D eigenvalue weighted by molar-refractivity contribution is 6.07. The summed E-state index contributed by atoms with van der Waals surface area (Å²) < 4.78 is 1.89. The lowest BCUT2D eigenvalue weighted by Gasteiger charge is -2.29. The average molecular weight is 484 g/mol. The van der Waals surface area contributed by atoms with Gasteiger partial charge in [0.05, 0.1) is 5.52 Å². The van der Waals surface area contributed by atoms with Crippen LogP contribution in [0.4, 0.5) is 0 Å². The zero-order valence-electron chi connectivity index (χ0n) is 21.0. The minimum absolute atomic E-state index is 0.0461. The van der Waals surface area contributed by atoms with Gasteiger partial charge < -0.3 is 0 Å². The Morgan fingerprint density at radius 3 is 2.58 bits per heavy atom. The lowest BCUT2D eigenvalue weighted by atomic mass is 9.83. The van der Waals surface area contributed by atoms with Gasteiger partial charge in [0, 0.05) is 23.5 Å². The van der Waals surface area contributed by atoms with Crippen molar-refractivity contribution in [2.45, 2.75) is 71.3 Å². The number of nitrogens with one attached hydrogen (secondary N) is 1. The molecule has 36 heavy (non-hydrogen) atoms. The number of carbonyl (C=O) groups excluding carboxylic acids is 1. The molecule has 0 saturated heterocycles. The molecule has 1 fully saturated rings. The number of aromatic nitrogens is 5. The molecule has 1 saturated carbocycles. The fourth-order valence-electron chi connectivity index (χ4n) is 5.61. The number of benzene rings is 1. The molecule has 3 aromatic heterocycles. The Balaban J connectivity index is 1.20. The van der Waals surface area contributed by atoms with Crippen molar-refractivity contribution in [3.63, 3.8) is 0 Å². The maximum atomic E-state index is 13.1. The quantitative estimate of drug-likeness (QED) is 0.346. The van der Waals surface area contributed by atoms with Crippen molar-refractivity contribution in [2.75, 3.05) is 0 Å². The normalized spacial score (nSPS) is 17.9. The fourth-order valence-corrected chi connectivity index (χ4v) is 5.61. The number of nitrogens with zero attached hydrogens (tertiary/aromatic N) is 4. The van der Waals surface area contributed by atoms with Crippen molar-refractivity contribution in [1.82, 2.24) is 24.5 Å². The molecule has 0 radical (unpaired) electrons. The maximum absolute atomic E-state index is 13.1. The Labute approximate surface area is 211 Å². The minimum Gasteiger partial charge on any atom is -0.290 e. The molecule has 0 bridgehead atoms. The zero-order chi connectivity index (χ0) is 25.1. The lowest BCUT2D eigenvalue weighted by molar-refractivity contribution is 0.103. The number of ketones is 1. The first-order chi connectivity index (χ1) is 17.6. The monoisotopic (exact) mass is 483 g/mol. The van der Waals surface area contributed by atoms with Crippen molar-refractivity contribution in [3.8, 4) is 0 Å². The summed E-state index contributed by atoms with van der Waals surface area (Å²) in [6, 6.07) is 11.9. The largest absolute Gasteiger partial charge is 0.327 e. The Hall–Kier alpha value is -3.61. The first-order valence-corrected chi connectivity index (χ1v) is 13.1. The van der Waals surface area contributed by atoms with E-state index in [1.165, 1.54) is 17.5 Å². The van der Waals surface area contributed by atoms with Gasteiger partial charge in [-0.25, -0.2) is 19.7 Å². The second-order valence-corrected chi connectivity index (χ2v) is 9.80. The van der Waals surface area contributed by atoms with E-state index in [2.05, 4.69) is 39.8 Å². The maximum Gasteiger partial charge on any atom is 0.327 e. The van der Waals surface area contributed by atoms with Crippen LogP contribution in [0.15, 0.2) is 53.7 Å². The molecule has 3 heterocycles. The third kappa shape index (κ3) is 4.87. The molecule has 0 aliphatic heterocycles. The van der Waals surface area contributed by atoms with E-state index in [-0.39, 0.29) is 17.5 Å². The van der Waals surface area contributed by atoms with Gasteiger partial charge >= 0.3 is 5.69 Å². The van der Waals surface area contributed by atoms with Gasteiger partial charge in [0.25, 0.3) is 0 Å². The molecular weight excluding hydrogens is 450 g/mol. The predicted molar refractivity (Wildman–Crippen MR) is 140 cm³/mol. The average Bonchev–Trinajstić information content (AvgIpc) is 3.27. The van der Waals surface area contributed by atoms with Gasteiger partial charge in [-0.3, -0.25) is 14.3 Å². The van der Waals surface area contributed by atoms with E-state index >= 15 is 0 Å². The summed E-state index contributed by atoms with van der Waals surface area (Å²) in [6.07, 6.45) is 11.0. The van der Waals surface area contributed by atoms with Gasteiger partial charge in [0.2, 0.25) is 5.78 Å². The zero-order valence-corrected chi connectivity index (χ0v) is 21.0. The van der Waals surface area contributed by atoms with Crippen LogP contribution in [0.5, 0.6) is 0 Å². The molecular formula is C29H33N5O2. The van der Waals surface area contributed by atoms with Crippen LogP contribution >= 0.6 is 0 Å². The summed E-state index contributed by atoms with van der Waals surface area (Å²) in [6.45, 7) is 4.26. The molecule has 1 aliphatic rings. The lowest BCUT2D eigenvalue weighted by Crippen LogP contribution is -2.26. The van der Waals surface area contributed by atoms with Gasteiger partial charge in [-0.2, -0.15) is 0 Å². The van der Waals surface area contributed by atoms with Gasteiger partial charge in [0.15, 0.2) is 5.65 Å². The predicted octanol–water partition coefficient (Wildman–Crippen LogP) is 5.23. The minimum atomic E-state index is -0.0688. The number of aryl methyl sites for hydroxylation is 3. The number of H-pyrrole nitrogens is 1. The molecule has 0 amide bonds. The Morgan fingerprint density at radius 2 is 1.81 bits per heavy atom. The first-order valence-electron chi connectivity index (χ1n) is 13.1. The molecule has 5 rings (SSSR count). The van der Waals surface area contributed by atoms with Crippen molar-refractivity contribution >= 4 is 16.9 Å². The molecule has 0 spiro atoms. The molecule has 1 aromatic carbocycles. The highest BCUT2D eigenvalue weighted by atomic mass is 16.1. The summed E-state index contributed by atoms with van der Waals surface area (Å²) in [4.78, 5) is 41.5. The van der Waals surface area contributed by atoms with Crippen LogP contribution in [0.2, 0.25) is 0 Å². The number of carbonyl (C=O) groups is 1. The van der Waals surface area contributed by atoms with E-state index in [1.54, 1.807) is 6.20 Å². The van der Waals surface area contributed by atoms with Crippen molar-refractivity contribution < 1.29 is 4.79 Å².